The highest BCUT2D eigenvalue weighted by Gasteiger charge is 2.52. The lowest BCUT2D eigenvalue weighted by Crippen LogP contribution is -2.33. The van der Waals surface area contributed by atoms with Gasteiger partial charge in [-0.25, -0.2) is 0 Å². The fourth-order valence-corrected chi connectivity index (χ4v) is 4.01. The van der Waals surface area contributed by atoms with E-state index in [1.807, 2.05) is 12.1 Å². The van der Waals surface area contributed by atoms with E-state index in [0.717, 1.165) is 37.2 Å². The Morgan fingerprint density at radius 2 is 1.92 bits per heavy atom. The van der Waals surface area contributed by atoms with E-state index in [4.69, 9.17) is 16.7 Å². The van der Waals surface area contributed by atoms with E-state index < -0.39 is 24.0 Å². The first kappa shape index (κ1) is 18.3. The van der Waals surface area contributed by atoms with Gasteiger partial charge in [-0.15, -0.1) is 0 Å². The Morgan fingerprint density at radius 1 is 1.24 bits per heavy atom. The molecule has 2 aliphatic heterocycles. The van der Waals surface area contributed by atoms with Gasteiger partial charge >= 0.3 is 12.1 Å². The molecule has 0 radical (unpaired) electrons. The maximum atomic E-state index is 13.2. The van der Waals surface area contributed by atoms with Gasteiger partial charge < -0.3 is 10.0 Å². The van der Waals surface area contributed by atoms with Crippen molar-refractivity contribution in [1.29, 1.82) is 0 Å². The average molecular weight is 377 g/mol. The van der Waals surface area contributed by atoms with Crippen molar-refractivity contribution in [2.75, 3.05) is 31.1 Å². The molecule has 1 N–H and O–H groups in total. The molecule has 0 amide bonds. The summed E-state index contributed by atoms with van der Waals surface area (Å²) in [5.74, 6) is -4.68. The van der Waals surface area contributed by atoms with Gasteiger partial charge in [0, 0.05) is 49.0 Å². The van der Waals surface area contributed by atoms with Crippen molar-refractivity contribution >= 4 is 23.3 Å². The minimum absolute atomic E-state index is 0.121. The number of benzene rings is 1. The lowest BCUT2D eigenvalue weighted by molar-refractivity contribution is -0.188. The summed E-state index contributed by atoms with van der Waals surface area (Å²) >= 11 is 6.32. The number of likely N-dealkylation sites (tertiary alicyclic amines) is 1. The molecular formula is C17H20ClF3N2O2. The summed E-state index contributed by atoms with van der Waals surface area (Å²) in [4.78, 5) is 15.0. The molecule has 3 rings (SSSR count). The molecule has 0 aromatic heterocycles. The van der Waals surface area contributed by atoms with Crippen LogP contribution < -0.4 is 4.90 Å². The van der Waals surface area contributed by atoms with Crippen molar-refractivity contribution in [2.45, 2.75) is 25.6 Å². The van der Waals surface area contributed by atoms with Crippen molar-refractivity contribution in [1.82, 2.24) is 4.90 Å². The zero-order chi connectivity index (χ0) is 18.2. The number of carbonyl (C=O) groups is 1. The number of hydrogen-bond donors (Lipinski definition) is 1. The third-order valence-corrected chi connectivity index (χ3v) is 5.41. The van der Waals surface area contributed by atoms with Gasteiger partial charge in [0.2, 0.25) is 0 Å². The summed E-state index contributed by atoms with van der Waals surface area (Å²) in [5.41, 5.74) is 1.71. The highest BCUT2D eigenvalue weighted by molar-refractivity contribution is 6.31. The Labute approximate surface area is 149 Å². The second-order valence-corrected chi connectivity index (χ2v) is 7.13. The van der Waals surface area contributed by atoms with Crippen molar-refractivity contribution in [3.63, 3.8) is 0 Å². The number of aliphatic carboxylic acids is 1. The van der Waals surface area contributed by atoms with Gasteiger partial charge in [0.05, 0.1) is 11.8 Å². The lowest BCUT2D eigenvalue weighted by atomic mass is 9.96. The monoisotopic (exact) mass is 376 g/mol. The molecule has 0 unspecified atom stereocenters. The van der Waals surface area contributed by atoms with E-state index in [1.165, 1.54) is 0 Å². The predicted octanol–water partition coefficient (Wildman–Crippen LogP) is 3.64. The normalized spacial score (nSPS) is 24.9. The maximum Gasteiger partial charge on any atom is 0.393 e. The number of carboxylic acid groups (broad SMARTS) is 1. The number of alkyl halides is 3. The van der Waals surface area contributed by atoms with Gasteiger partial charge in [-0.1, -0.05) is 17.7 Å². The highest BCUT2D eigenvalue weighted by atomic mass is 35.5. The molecule has 0 saturated carbocycles. The Bertz CT molecular complexity index is 647. The molecule has 4 nitrogen and oxygen atoms in total. The van der Waals surface area contributed by atoms with Crippen LogP contribution >= 0.6 is 11.6 Å². The SMILES string of the molecule is O=C(O)[C@@H]1CN(Cc2c(Cl)cccc2N2CCCC2)C[C@H]1C(F)(F)F. The number of halogens is 4. The van der Waals surface area contributed by atoms with Gasteiger partial charge in [0.1, 0.15) is 0 Å². The molecule has 2 heterocycles. The third-order valence-electron chi connectivity index (χ3n) is 5.06. The summed E-state index contributed by atoms with van der Waals surface area (Å²) in [5, 5.41) is 9.66. The molecule has 8 heteroatoms. The molecule has 138 valence electrons. The van der Waals surface area contributed by atoms with E-state index in [1.54, 1.807) is 11.0 Å². The van der Waals surface area contributed by atoms with Crippen molar-refractivity contribution in [2.24, 2.45) is 11.8 Å². The van der Waals surface area contributed by atoms with Crippen LogP contribution in [0.4, 0.5) is 18.9 Å². The van der Waals surface area contributed by atoms with E-state index in [9.17, 15) is 18.0 Å². The molecule has 0 bridgehead atoms. The van der Waals surface area contributed by atoms with Crippen LogP contribution in [0.3, 0.4) is 0 Å². The van der Waals surface area contributed by atoms with Crippen LogP contribution in [0.2, 0.25) is 5.02 Å². The first-order valence-corrected chi connectivity index (χ1v) is 8.69. The smallest absolute Gasteiger partial charge is 0.393 e. The molecule has 0 aliphatic carbocycles. The van der Waals surface area contributed by atoms with E-state index in [0.29, 0.717) is 5.02 Å². The number of rotatable bonds is 4. The summed E-state index contributed by atoms with van der Waals surface area (Å²) in [6, 6.07) is 5.49. The molecule has 2 atom stereocenters. The molecule has 1 aromatic carbocycles. The second-order valence-electron chi connectivity index (χ2n) is 6.72. The summed E-state index contributed by atoms with van der Waals surface area (Å²) in [7, 11) is 0. The Balaban J connectivity index is 1.82. The molecule has 2 saturated heterocycles. The maximum absolute atomic E-state index is 13.2. The fraction of sp³-hybridized carbons (Fsp3) is 0.588. The van der Waals surface area contributed by atoms with Gasteiger partial charge in [-0.2, -0.15) is 13.2 Å². The molecule has 1 aromatic rings. The van der Waals surface area contributed by atoms with Gasteiger partial charge in [-0.3, -0.25) is 9.69 Å². The van der Waals surface area contributed by atoms with Gasteiger partial charge in [0.15, 0.2) is 0 Å². The second kappa shape index (κ2) is 7.03. The topological polar surface area (TPSA) is 43.8 Å². The summed E-state index contributed by atoms with van der Waals surface area (Å²) < 4.78 is 39.5. The fourth-order valence-electron chi connectivity index (χ4n) is 3.78. The first-order valence-electron chi connectivity index (χ1n) is 8.31. The molecule has 0 spiro atoms. The van der Waals surface area contributed by atoms with Crippen LogP contribution in [0, 0.1) is 11.8 Å². The van der Waals surface area contributed by atoms with Gasteiger partial charge in [0.25, 0.3) is 0 Å². The van der Waals surface area contributed by atoms with Crippen molar-refractivity contribution in [3.8, 4) is 0 Å². The van der Waals surface area contributed by atoms with Crippen LogP contribution in [0.1, 0.15) is 18.4 Å². The Hall–Kier alpha value is -1.47. The standard InChI is InChI=1S/C17H20ClF3N2O2/c18-14-4-3-5-15(23-6-1-2-7-23)12(14)9-22-8-11(16(24)25)13(10-22)17(19,20)21/h3-5,11,13H,1-2,6-10H2,(H,24,25)/t11-,13-/m1/s1. The van der Waals surface area contributed by atoms with Crippen LogP contribution in [0.15, 0.2) is 18.2 Å². The van der Waals surface area contributed by atoms with Crippen LogP contribution in [0.5, 0.6) is 0 Å². The van der Waals surface area contributed by atoms with E-state index >= 15 is 0 Å². The molecular weight excluding hydrogens is 357 g/mol. The zero-order valence-corrected chi connectivity index (χ0v) is 14.4. The zero-order valence-electron chi connectivity index (χ0n) is 13.6. The first-order chi connectivity index (χ1) is 11.8. The number of anilines is 1. The minimum atomic E-state index is -4.52. The Morgan fingerprint density at radius 3 is 2.48 bits per heavy atom. The van der Waals surface area contributed by atoms with Crippen molar-refractivity contribution < 1.29 is 23.1 Å². The number of carboxylic acids is 1. The number of hydrogen-bond acceptors (Lipinski definition) is 3. The largest absolute Gasteiger partial charge is 0.481 e. The molecule has 2 aliphatic rings. The van der Waals surface area contributed by atoms with Crippen molar-refractivity contribution in [3.05, 3.63) is 28.8 Å². The third kappa shape index (κ3) is 3.87. The van der Waals surface area contributed by atoms with E-state index in [2.05, 4.69) is 4.90 Å². The lowest BCUT2D eigenvalue weighted by Gasteiger charge is -2.25. The van der Waals surface area contributed by atoms with Crippen LogP contribution in [0.25, 0.3) is 0 Å². The van der Waals surface area contributed by atoms with Gasteiger partial charge in [-0.05, 0) is 25.0 Å². The number of nitrogens with zero attached hydrogens (tertiary/aromatic N) is 2. The summed E-state index contributed by atoms with van der Waals surface area (Å²) in [6.45, 7) is 1.59. The van der Waals surface area contributed by atoms with E-state index in [-0.39, 0.29) is 19.6 Å². The Kier molecular flexibility index (Phi) is 5.16. The van der Waals surface area contributed by atoms with Crippen LogP contribution in [-0.2, 0) is 11.3 Å². The predicted molar refractivity (Wildman–Crippen MR) is 88.8 cm³/mol. The summed E-state index contributed by atoms with van der Waals surface area (Å²) in [6.07, 6.45) is -2.37. The average Bonchev–Trinajstić information content (AvgIpc) is 3.18. The van der Waals surface area contributed by atoms with Crippen LogP contribution in [-0.4, -0.2) is 48.3 Å². The highest BCUT2D eigenvalue weighted by Crippen LogP contribution is 2.39. The molecule has 2 fully saturated rings. The molecule has 25 heavy (non-hydrogen) atoms. The minimum Gasteiger partial charge on any atom is -0.481 e. The quantitative estimate of drug-likeness (QED) is 0.871.